The Hall–Kier alpha value is -2.77. The molecule has 0 radical (unpaired) electrons. The number of ether oxygens (including phenoxy) is 1. The average Bonchev–Trinajstić information content (AvgIpc) is 3.42. The van der Waals surface area contributed by atoms with Gasteiger partial charge in [0.2, 0.25) is 5.91 Å². The number of halogens is 3. The zero-order valence-electron chi connectivity index (χ0n) is 13.8. The highest BCUT2D eigenvalue weighted by Gasteiger charge is 2.38. The molecule has 1 aliphatic carbocycles. The molecule has 0 spiro atoms. The Morgan fingerprint density at radius 3 is 2.58 bits per heavy atom. The topological polar surface area (TPSA) is 63.2 Å². The summed E-state index contributed by atoms with van der Waals surface area (Å²) >= 11 is 0. The number of hydrogen-bond donors (Lipinski definition) is 2. The fraction of sp³-hybridized carbons (Fsp3) is 0.333. The normalized spacial score (nSPS) is 14.0. The van der Waals surface area contributed by atoms with Crippen LogP contribution in [0.25, 0.3) is 0 Å². The molecular formula is C18H18F3N3O2. The van der Waals surface area contributed by atoms with Crippen LogP contribution in [-0.4, -0.2) is 10.9 Å². The van der Waals surface area contributed by atoms with Crippen molar-refractivity contribution >= 4 is 11.7 Å². The van der Waals surface area contributed by atoms with Crippen LogP contribution in [0.4, 0.5) is 19.0 Å². The number of pyridine rings is 1. The molecule has 3 rings (SSSR count). The van der Waals surface area contributed by atoms with E-state index in [9.17, 15) is 18.0 Å². The van der Waals surface area contributed by atoms with Crippen LogP contribution in [0.2, 0.25) is 0 Å². The first kappa shape index (κ1) is 18.0. The highest BCUT2D eigenvalue weighted by molar-refractivity contribution is 5.78. The minimum atomic E-state index is -4.69. The second-order valence-corrected chi connectivity index (χ2v) is 6.13. The fourth-order valence-corrected chi connectivity index (χ4v) is 2.43. The van der Waals surface area contributed by atoms with Gasteiger partial charge in [0, 0.05) is 12.6 Å². The highest BCUT2D eigenvalue weighted by Crippen LogP contribution is 2.40. The van der Waals surface area contributed by atoms with Crippen molar-refractivity contribution in [3.05, 3.63) is 53.7 Å². The van der Waals surface area contributed by atoms with Gasteiger partial charge in [-0.15, -0.1) is 0 Å². The van der Waals surface area contributed by atoms with Gasteiger partial charge in [0.15, 0.2) is 5.82 Å². The Bertz CT molecular complexity index is 762. The van der Waals surface area contributed by atoms with E-state index in [-0.39, 0.29) is 18.3 Å². The molecule has 0 atom stereocenters. The Morgan fingerprint density at radius 2 is 1.92 bits per heavy atom. The molecule has 0 bridgehead atoms. The lowest BCUT2D eigenvalue weighted by molar-refractivity contribution is -0.138. The van der Waals surface area contributed by atoms with Crippen molar-refractivity contribution in [2.75, 3.05) is 5.43 Å². The van der Waals surface area contributed by atoms with Crippen LogP contribution < -0.4 is 15.6 Å². The molecule has 5 nitrogen and oxygen atoms in total. The van der Waals surface area contributed by atoms with Gasteiger partial charge in [-0.25, -0.2) is 4.98 Å². The first-order chi connectivity index (χ1) is 12.4. The van der Waals surface area contributed by atoms with Crippen molar-refractivity contribution in [2.45, 2.75) is 32.0 Å². The first-order valence-corrected chi connectivity index (χ1v) is 8.21. The monoisotopic (exact) mass is 365 g/mol. The Balaban J connectivity index is 1.74. The van der Waals surface area contributed by atoms with Crippen molar-refractivity contribution in [1.82, 2.24) is 10.4 Å². The van der Waals surface area contributed by atoms with Gasteiger partial charge in [-0.1, -0.05) is 30.3 Å². The number of nitrogens with zero attached hydrogens (tertiary/aromatic N) is 1. The lowest BCUT2D eigenvalue weighted by Gasteiger charge is -2.18. The molecule has 0 aliphatic heterocycles. The zero-order valence-corrected chi connectivity index (χ0v) is 13.8. The number of hydrogen-bond acceptors (Lipinski definition) is 4. The number of amides is 1. The van der Waals surface area contributed by atoms with Gasteiger partial charge in [0.1, 0.15) is 17.9 Å². The van der Waals surface area contributed by atoms with Crippen LogP contribution in [-0.2, 0) is 17.6 Å². The zero-order chi connectivity index (χ0) is 18.6. The van der Waals surface area contributed by atoms with E-state index in [0.29, 0.717) is 12.3 Å². The van der Waals surface area contributed by atoms with Gasteiger partial charge in [-0.05, 0) is 30.4 Å². The van der Waals surface area contributed by atoms with Crippen molar-refractivity contribution in [3.63, 3.8) is 0 Å². The summed E-state index contributed by atoms with van der Waals surface area (Å²) in [6, 6.07) is 10.0. The summed E-state index contributed by atoms with van der Waals surface area (Å²) in [5.74, 6) is -0.882. The smallest absolute Gasteiger partial charge is 0.423 e. The lowest BCUT2D eigenvalue weighted by Crippen LogP contribution is -2.31. The number of nitrogens with one attached hydrogen (secondary N) is 2. The van der Waals surface area contributed by atoms with E-state index in [4.69, 9.17) is 4.74 Å². The largest absolute Gasteiger partial charge is 0.488 e. The summed E-state index contributed by atoms with van der Waals surface area (Å²) in [4.78, 5) is 15.4. The quantitative estimate of drug-likeness (QED) is 0.730. The molecule has 138 valence electrons. The Morgan fingerprint density at radius 1 is 1.19 bits per heavy atom. The second-order valence-electron chi connectivity index (χ2n) is 6.13. The van der Waals surface area contributed by atoms with Crippen LogP contribution in [0.5, 0.6) is 5.75 Å². The maximum Gasteiger partial charge on any atom is 0.423 e. The first-order valence-electron chi connectivity index (χ1n) is 8.21. The molecule has 2 N–H and O–H groups in total. The Labute approximate surface area is 148 Å². The molecule has 1 aliphatic rings. The van der Waals surface area contributed by atoms with Crippen LogP contribution in [0, 0.1) is 5.92 Å². The maximum absolute atomic E-state index is 13.5. The van der Waals surface area contributed by atoms with Gasteiger partial charge in [0.25, 0.3) is 0 Å². The number of carbonyl (C=O) groups excluding carboxylic acids is 1. The molecule has 26 heavy (non-hydrogen) atoms. The Kier molecular flexibility index (Phi) is 5.29. The molecule has 0 saturated heterocycles. The fourth-order valence-electron chi connectivity index (χ4n) is 2.43. The van der Waals surface area contributed by atoms with E-state index in [1.165, 1.54) is 6.20 Å². The molecule has 1 heterocycles. The lowest BCUT2D eigenvalue weighted by atomic mass is 10.2. The van der Waals surface area contributed by atoms with Gasteiger partial charge in [-0.2, -0.15) is 13.2 Å². The van der Waals surface area contributed by atoms with Gasteiger partial charge >= 0.3 is 6.18 Å². The molecular weight excluding hydrogens is 347 g/mol. The second kappa shape index (κ2) is 7.63. The third-order valence-corrected chi connectivity index (χ3v) is 3.92. The third-order valence-electron chi connectivity index (χ3n) is 3.92. The molecule has 1 amide bonds. The number of alkyl halides is 3. The summed E-state index contributed by atoms with van der Waals surface area (Å²) in [7, 11) is 0. The molecule has 1 aromatic heterocycles. The van der Waals surface area contributed by atoms with Gasteiger partial charge in [-0.3, -0.25) is 15.6 Å². The summed E-state index contributed by atoms with van der Waals surface area (Å²) in [5.41, 5.74) is 4.24. The van der Waals surface area contributed by atoms with E-state index in [0.717, 1.165) is 24.5 Å². The van der Waals surface area contributed by atoms with Crippen LogP contribution in [0.1, 0.15) is 30.4 Å². The van der Waals surface area contributed by atoms with Gasteiger partial charge in [0.05, 0.1) is 0 Å². The number of carbonyl (C=O) groups is 1. The number of anilines is 1. The van der Waals surface area contributed by atoms with E-state index in [2.05, 4.69) is 15.8 Å². The standard InChI is InChI=1S/C18H18F3N3O2/c19-18(20,21)16-14(26-11-13-4-2-1-3-5-13)8-9-22-17(16)24-23-15(25)10-12-6-7-12/h1-5,8-9,12H,6-7,10-11H2,(H,22,24)(H,23,25). The molecule has 0 unspecified atom stereocenters. The summed E-state index contributed by atoms with van der Waals surface area (Å²) < 4.78 is 45.9. The number of aromatic nitrogens is 1. The summed E-state index contributed by atoms with van der Waals surface area (Å²) in [6.45, 7) is -0.0125. The number of benzene rings is 1. The predicted octanol–water partition coefficient (Wildman–Crippen LogP) is 3.92. The highest BCUT2D eigenvalue weighted by atomic mass is 19.4. The summed E-state index contributed by atoms with van der Waals surface area (Å²) in [6.07, 6.45) is -1.25. The van der Waals surface area contributed by atoms with E-state index < -0.39 is 17.6 Å². The van der Waals surface area contributed by atoms with Crippen molar-refractivity contribution in [2.24, 2.45) is 5.92 Å². The minimum absolute atomic E-state index is 0.0125. The van der Waals surface area contributed by atoms with Crippen molar-refractivity contribution in [3.8, 4) is 5.75 Å². The summed E-state index contributed by atoms with van der Waals surface area (Å²) in [5, 5.41) is 0. The predicted molar refractivity (Wildman–Crippen MR) is 89.1 cm³/mol. The molecule has 1 aromatic carbocycles. The molecule has 2 aromatic rings. The minimum Gasteiger partial charge on any atom is -0.488 e. The van der Waals surface area contributed by atoms with Crippen LogP contribution in [0.15, 0.2) is 42.6 Å². The van der Waals surface area contributed by atoms with Gasteiger partial charge < -0.3 is 4.74 Å². The number of rotatable bonds is 7. The number of hydrazine groups is 1. The average molecular weight is 365 g/mol. The third kappa shape index (κ3) is 4.87. The van der Waals surface area contributed by atoms with E-state index in [1.54, 1.807) is 24.3 Å². The maximum atomic E-state index is 13.5. The van der Waals surface area contributed by atoms with Crippen molar-refractivity contribution < 1.29 is 22.7 Å². The van der Waals surface area contributed by atoms with E-state index in [1.807, 2.05) is 6.07 Å². The van der Waals surface area contributed by atoms with Crippen molar-refractivity contribution in [1.29, 1.82) is 0 Å². The SMILES string of the molecule is O=C(CC1CC1)NNc1nccc(OCc2ccccc2)c1C(F)(F)F. The van der Waals surface area contributed by atoms with Crippen LogP contribution in [0.3, 0.4) is 0 Å². The van der Waals surface area contributed by atoms with E-state index >= 15 is 0 Å². The molecule has 1 fully saturated rings. The molecule has 1 saturated carbocycles. The van der Waals surface area contributed by atoms with Crippen LogP contribution >= 0.6 is 0 Å². The molecule has 8 heteroatoms.